The average molecular weight is 399 g/mol. The maximum absolute atomic E-state index is 14.5. The molecule has 0 fully saturated rings. The Labute approximate surface area is 158 Å². The summed E-state index contributed by atoms with van der Waals surface area (Å²) in [6, 6.07) is 8.54. The summed E-state index contributed by atoms with van der Waals surface area (Å²) >= 11 is 0. The number of benzene rings is 2. The van der Waals surface area contributed by atoms with Gasteiger partial charge in [-0.3, -0.25) is 4.79 Å². The van der Waals surface area contributed by atoms with E-state index < -0.39 is 35.3 Å². The van der Waals surface area contributed by atoms with E-state index in [1.54, 1.807) is 0 Å². The number of hydrogen-bond acceptors (Lipinski definition) is 4. The number of nitrogens with one attached hydrogen (secondary N) is 1. The summed E-state index contributed by atoms with van der Waals surface area (Å²) in [5.74, 6) is -3.08. The van der Waals surface area contributed by atoms with E-state index in [2.05, 4.69) is 14.8 Å². The fourth-order valence-corrected chi connectivity index (χ4v) is 2.44. The Morgan fingerprint density at radius 2 is 1.68 bits per heavy atom. The molecule has 1 amide bonds. The Kier molecular flexibility index (Phi) is 5.96. The molecule has 150 valence electrons. The van der Waals surface area contributed by atoms with Gasteiger partial charge in [-0.25, -0.2) is 9.18 Å². The Morgan fingerprint density at radius 1 is 1.04 bits per heavy atom. The number of halogens is 4. The Hall–Kier alpha value is -3.10. The molecule has 9 heteroatoms. The van der Waals surface area contributed by atoms with Crippen LogP contribution in [0.1, 0.15) is 24.2 Å². The van der Waals surface area contributed by atoms with Crippen LogP contribution in [0.5, 0.6) is 5.75 Å². The molecular formula is C19H17F4NO4. The average Bonchev–Trinajstić information content (AvgIpc) is 2.59. The highest BCUT2D eigenvalue weighted by molar-refractivity contribution is 5.98. The molecule has 2 aromatic carbocycles. The van der Waals surface area contributed by atoms with Crippen molar-refractivity contribution in [3.63, 3.8) is 0 Å². The van der Waals surface area contributed by atoms with Crippen molar-refractivity contribution >= 4 is 11.9 Å². The minimum Gasteiger partial charge on any atom is -0.467 e. The fraction of sp³-hybridized carbons (Fsp3) is 0.263. The zero-order chi connectivity index (χ0) is 21.1. The molecule has 0 aliphatic carbocycles. The molecule has 0 saturated heterocycles. The third-order valence-electron chi connectivity index (χ3n) is 3.76. The molecule has 28 heavy (non-hydrogen) atoms. The lowest BCUT2D eigenvalue weighted by molar-refractivity contribution is -0.274. The molecule has 0 heterocycles. The first-order chi connectivity index (χ1) is 12.9. The van der Waals surface area contributed by atoms with Crippen LogP contribution in [-0.4, -0.2) is 30.9 Å². The quantitative estimate of drug-likeness (QED) is 0.608. The molecule has 2 rings (SSSR count). The first-order valence-corrected chi connectivity index (χ1v) is 8.00. The van der Waals surface area contributed by atoms with Gasteiger partial charge in [0.2, 0.25) is 0 Å². The van der Waals surface area contributed by atoms with Crippen LogP contribution in [0.25, 0.3) is 11.1 Å². The Morgan fingerprint density at radius 3 is 2.25 bits per heavy atom. The lowest BCUT2D eigenvalue weighted by atomic mass is 10.0. The molecule has 2 aromatic rings. The molecule has 0 unspecified atom stereocenters. The fourth-order valence-electron chi connectivity index (χ4n) is 2.44. The number of hydrogen-bond donors (Lipinski definition) is 1. The second-order valence-electron chi connectivity index (χ2n) is 6.31. The summed E-state index contributed by atoms with van der Waals surface area (Å²) in [5, 5.41) is 2.34. The van der Waals surface area contributed by atoms with E-state index in [-0.39, 0.29) is 16.7 Å². The van der Waals surface area contributed by atoms with E-state index >= 15 is 0 Å². The second kappa shape index (κ2) is 7.87. The lowest BCUT2D eigenvalue weighted by Crippen LogP contribution is -2.50. The van der Waals surface area contributed by atoms with Crippen LogP contribution >= 0.6 is 0 Å². The number of para-hydroxylation sites is 1. The van der Waals surface area contributed by atoms with Gasteiger partial charge in [0.05, 0.1) is 12.7 Å². The van der Waals surface area contributed by atoms with Crippen molar-refractivity contribution in [2.45, 2.75) is 25.7 Å². The third-order valence-corrected chi connectivity index (χ3v) is 3.76. The Balaban J connectivity index is 2.33. The van der Waals surface area contributed by atoms with Crippen molar-refractivity contribution in [1.82, 2.24) is 5.32 Å². The molecule has 0 atom stereocenters. The zero-order valence-corrected chi connectivity index (χ0v) is 15.2. The number of esters is 1. The van der Waals surface area contributed by atoms with Crippen molar-refractivity contribution in [2.75, 3.05) is 7.11 Å². The van der Waals surface area contributed by atoms with Gasteiger partial charge in [-0.2, -0.15) is 0 Å². The molecule has 0 saturated carbocycles. The van der Waals surface area contributed by atoms with E-state index in [9.17, 15) is 27.2 Å². The summed E-state index contributed by atoms with van der Waals surface area (Å²) < 4.78 is 60.6. The van der Waals surface area contributed by atoms with Crippen molar-refractivity contribution in [1.29, 1.82) is 0 Å². The number of methoxy groups -OCH3 is 1. The van der Waals surface area contributed by atoms with Crippen LogP contribution in [-0.2, 0) is 9.53 Å². The molecule has 0 aliphatic heterocycles. The van der Waals surface area contributed by atoms with E-state index in [0.717, 1.165) is 25.3 Å². The van der Waals surface area contributed by atoms with E-state index in [1.807, 2.05) is 0 Å². The maximum atomic E-state index is 14.5. The van der Waals surface area contributed by atoms with Gasteiger partial charge in [0.25, 0.3) is 5.91 Å². The van der Waals surface area contributed by atoms with Gasteiger partial charge in [0.15, 0.2) is 0 Å². The minimum absolute atomic E-state index is 0.000531. The largest absolute Gasteiger partial charge is 0.573 e. The summed E-state index contributed by atoms with van der Waals surface area (Å²) in [6.45, 7) is 2.77. The van der Waals surface area contributed by atoms with E-state index in [0.29, 0.717) is 0 Å². The van der Waals surface area contributed by atoms with Crippen LogP contribution in [0.4, 0.5) is 17.6 Å². The smallest absolute Gasteiger partial charge is 0.467 e. The predicted octanol–water partition coefficient (Wildman–Crippen LogP) is 4.07. The summed E-state index contributed by atoms with van der Waals surface area (Å²) in [5.41, 5.74) is -1.69. The molecule has 0 aliphatic rings. The molecule has 0 bridgehead atoms. The van der Waals surface area contributed by atoms with Gasteiger partial charge in [-0.1, -0.05) is 24.3 Å². The zero-order valence-electron chi connectivity index (χ0n) is 15.2. The highest BCUT2D eigenvalue weighted by Crippen LogP contribution is 2.34. The van der Waals surface area contributed by atoms with Gasteiger partial charge >= 0.3 is 12.3 Å². The van der Waals surface area contributed by atoms with Crippen LogP contribution in [0.2, 0.25) is 0 Å². The van der Waals surface area contributed by atoms with Gasteiger partial charge in [-0.05, 0) is 37.6 Å². The van der Waals surface area contributed by atoms with Gasteiger partial charge < -0.3 is 14.8 Å². The standard InChI is InChI=1S/C19H17F4NO4/c1-18(2,17(26)27-3)24-16(25)13-9-8-11(10-14(13)20)12-6-4-5-7-15(12)28-19(21,22)23/h4-10H,1-3H3,(H,24,25). The monoisotopic (exact) mass is 399 g/mol. The molecule has 1 N–H and O–H groups in total. The first kappa shape index (κ1) is 21.2. The van der Waals surface area contributed by atoms with Crippen molar-refractivity contribution < 1.29 is 36.6 Å². The predicted molar refractivity (Wildman–Crippen MR) is 92.1 cm³/mol. The highest BCUT2D eigenvalue weighted by Gasteiger charge is 2.33. The topological polar surface area (TPSA) is 64.6 Å². The van der Waals surface area contributed by atoms with E-state index in [1.165, 1.54) is 38.1 Å². The first-order valence-electron chi connectivity index (χ1n) is 8.00. The molecule has 0 aromatic heterocycles. The van der Waals surface area contributed by atoms with Crippen molar-refractivity contribution in [2.24, 2.45) is 0 Å². The lowest BCUT2D eigenvalue weighted by Gasteiger charge is -2.23. The van der Waals surface area contributed by atoms with Crippen LogP contribution in [0.3, 0.4) is 0 Å². The van der Waals surface area contributed by atoms with Crippen LogP contribution < -0.4 is 10.1 Å². The number of carbonyl (C=O) groups excluding carboxylic acids is 2. The molecule has 5 nitrogen and oxygen atoms in total. The van der Waals surface area contributed by atoms with Crippen LogP contribution in [0.15, 0.2) is 42.5 Å². The van der Waals surface area contributed by atoms with Crippen LogP contribution in [0, 0.1) is 5.82 Å². The van der Waals surface area contributed by atoms with Gasteiger partial charge in [-0.15, -0.1) is 13.2 Å². The normalized spacial score (nSPS) is 11.7. The minimum atomic E-state index is -4.91. The Bertz CT molecular complexity index is 894. The number of amides is 1. The number of ether oxygens (including phenoxy) is 2. The highest BCUT2D eigenvalue weighted by atomic mass is 19.4. The second-order valence-corrected chi connectivity index (χ2v) is 6.31. The van der Waals surface area contributed by atoms with Crippen molar-refractivity contribution in [3.05, 3.63) is 53.8 Å². The maximum Gasteiger partial charge on any atom is 0.573 e. The molecule has 0 radical (unpaired) electrons. The molecule has 0 spiro atoms. The SMILES string of the molecule is COC(=O)C(C)(C)NC(=O)c1ccc(-c2ccccc2OC(F)(F)F)cc1F. The van der Waals surface area contributed by atoms with Gasteiger partial charge in [0.1, 0.15) is 17.1 Å². The van der Waals surface area contributed by atoms with E-state index in [4.69, 9.17) is 0 Å². The molecular weight excluding hydrogens is 382 g/mol. The number of rotatable bonds is 5. The summed E-state index contributed by atoms with van der Waals surface area (Å²) in [7, 11) is 1.14. The summed E-state index contributed by atoms with van der Waals surface area (Å²) in [6.07, 6.45) is -4.91. The van der Waals surface area contributed by atoms with Crippen molar-refractivity contribution in [3.8, 4) is 16.9 Å². The number of carbonyl (C=O) groups is 2. The third kappa shape index (κ3) is 4.99. The van der Waals surface area contributed by atoms with Gasteiger partial charge in [0, 0.05) is 5.56 Å². The summed E-state index contributed by atoms with van der Waals surface area (Å²) in [4.78, 5) is 23.9. The number of alkyl halides is 3.